The van der Waals surface area contributed by atoms with E-state index in [1.807, 2.05) is 20.8 Å². The number of amides is 1. The van der Waals surface area contributed by atoms with Crippen LogP contribution in [0.1, 0.15) is 31.3 Å². The summed E-state index contributed by atoms with van der Waals surface area (Å²) in [7, 11) is 0. The van der Waals surface area contributed by atoms with Crippen molar-refractivity contribution in [1.29, 1.82) is 0 Å². The summed E-state index contributed by atoms with van der Waals surface area (Å²) in [5.74, 6) is -0.795. The topological polar surface area (TPSA) is 85.8 Å². The molecule has 1 fully saturated rings. The summed E-state index contributed by atoms with van der Waals surface area (Å²) in [5.41, 5.74) is -0.439. The molecule has 1 aromatic rings. The predicted octanol–water partition coefficient (Wildman–Crippen LogP) is 1.83. The van der Waals surface area contributed by atoms with Gasteiger partial charge in [0.25, 0.3) is 5.91 Å². The van der Waals surface area contributed by atoms with Crippen molar-refractivity contribution in [2.75, 3.05) is 13.1 Å². The summed E-state index contributed by atoms with van der Waals surface area (Å²) < 4.78 is 10.6. The van der Waals surface area contributed by atoms with Crippen molar-refractivity contribution in [3.8, 4) is 0 Å². The molecule has 0 radical (unpaired) electrons. The van der Waals surface area contributed by atoms with E-state index in [0.29, 0.717) is 13.1 Å². The van der Waals surface area contributed by atoms with Gasteiger partial charge < -0.3 is 14.1 Å². The second-order valence-corrected chi connectivity index (χ2v) is 5.27. The third-order valence-corrected chi connectivity index (χ3v) is 2.84. The van der Waals surface area contributed by atoms with Crippen molar-refractivity contribution in [3.63, 3.8) is 0 Å². The fourth-order valence-electron chi connectivity index (χ4n) is 2.31. The number of rotatable bonds is 2. The van der Waals surface area contributed by atoms with Gasteiger partial charge in [0.2, 0.25) is 0 Å². The number of ether oxygens (including phenoxy) is 1. The molecule has 19 heavy (non-hydrogen) atoms. The van der Waals surface area contributed by atoms with Crippen LogP contribution in [-0.2, 0) is 4.74 Å². The number of hydrogen-bond acceptors (Lipinski definition) is 5. The van der Waals surface area contributed by atoms with Crippen LogP contribution in [0.15, 0.2) is 16.5 Å². The first-order valence-electron chi connectivity index (χ1n) is 6.00. The molecule has 7 nitrogen and oxygen atoms in total. The average Bonchev–Trinajstić information content (AvgIpc) is 2.74. The zero-order valence-corrected chi connectivity index (χ0v) is 11.1. The minimum atomic E-state index is -0.664. The standard InChI is InChI=1S/C12H16N2O5/c1-8-6-13(7-12(2,3)19-8)11(15)9-4-5-10(18-9)14(16)17/h4-5,8H,6-7H2,1-3H3. The Balaban J connectivity index is 2.16. The van der Waals surface area contributed by atoms with Gasteiger partial charge in [-0.05, 0) is 26.8 Å². The zero-order valence-electron chi connectivity index (χ0n) is 11.1. The van der Waals surface area contributed by atoms with E-state index in [4.69, 9.17) is 9.15 Å². The van der Waals surface area contributed by atoms with Gasteiger partial charge in [0, 0.05) is 13.1 Å². The maximum absolute atomic E-state index is 12.2. The minimum Gasteiger partial charge on any atom is -0.395 e. The van der Waals surface area contributed by atoms with Crippen molar-refractivity contribution in [2.24, 2.45) is 0 Å². The highest BCUT2D eigenvalue weighted by Gasteiger charge is 2.35. The van der Waals surface area contributed by atoms with Crippen LogP contribution in [-0.4, -0.2) is 40.5 Å². The van der Waals surface area contributed by atoms with Crippen LogP contribution in [0.5, 0.6) is 0 Å². The lowest BCUT2D eigenvalue weighted by atomic mass is 10.1. The fraction of sp³-hybridized carbons (Fsp3) is 0.583. The number of morpholine rings is 1. The van der Waals surface area contributed by atoms with Crippen LogP contribution < -0.4 is 0 Å². The molecule has 1 aromatic heterocycles. The first kappa shape index (κ1) is 13.5. The van der Waals surface area contributed by atoms with E-state index in [-0.39, 0.29) is 17.8 Å². The van der Waals surface area contributed by atoms with Crippen LogP contribution in [0.2, 0.25) is 0 Å². The predicted molar refractivity (Wildman–Crippen MR) is 65.9 cm³/mol. The Hall–Kier alpha value is -1.89. The molecular weight excluding hydrogens is 252 g/mol. The van der Waals surface area contributed by atoms with Gasteiger partial charge in [-0.25, -0.2) is 0 Å². The minimum absolute atomic E-state index is 0.0170. The normalized spacial score (nSPS) is 22.3. The smallest absolute Gasteiger partial charge is 0.395 e. The second kappa shape index (κ2) is 4.65. The van der Waals surface area contributed by atoms with E-state index in [1.165, 1.54) is 12.1 Å². The Labute approximate surface area is 110 Å². The summed E-state index contributed by atoms with van der Waals surface area (Å²) in [6.45, 7) is 6.54. The molecule has 7 heteroatoms. The van der Waals surface area contributed by atoms with E-state index in [2.05, 4.69) is 0 Å². The highest BCUT2D eigenvalue weighted by Crippen LogP contribution is 2.24. The molecule has 1 saturated heterocycles. The molecule has 0 aliphatic carbocycles. The number of carbonyl (C=O) groups excluding carboxylic acids is 1. The van der Waals surface area contributed by atoms with Crippen LogP contribution in [0.3, 0.4) is 0 Å². The molecular formula is C12H16N2O5. The van der Waals surface area contributed by atoms with Gasteiger partial charge in [0.1, 0.15) is 4.92 Å². The van der Waals surface area contributed by atoms with Crippen LogP contribution in [0.4, 0.5) is 5.88 Å². The third kappa shape index (κ3) is 2.93. The summed E-state index contributed by atoms with van der Waals surface area (Å²) in [6, 6.07) is 2.51. The van der Waals surface area contributed by atoms with Crippen LogP contribution >= 0.6 is 0 Å². The highest BCUT2D eigenvalue weighted by atomic mass is 16.6. The zero-order chi connectivity index (χ0) is 14.2. The SMILES string of the molecule is CC1CN(C(=O)c2ccc([N+](=O)[O-])o2)CC(C)(C)O1. The summed E-state index contributed by atoms with van der Waals surface area (Å²) >= 11 is 0. The Morgan fingerprint density at radius 2 is 2.21 bits per heavy atom. The summed E-state index contributed by atoms with van der Waals surface area (Å²) in [4.78, 5) is 23.7. The van der Waals surface area contributed by atoms with Gasteiger partial charge in [-0.1, -0.05) is 0 Å². The molecule has 1 atom stereocenters. The van der Waals surface area contributed by atoms with Gasteiger partial charge in [-0.15, -0.1) is 0 Å². The van der Waals surface area contributed by atoms with Gasteiger partial charge in [-0.2, -0.15) is 0 Å². The molecule has 0 spiro atoms. The fourth-order valence-corrected chi connectivity index (χ4v) is 2.31. The lowest BCUT2D eigenvalue weighted by molar-refractivity contribution is -0.402. The maximum Gasteiger partial charge on any atom is 0.433 e. The first-order chi connectivity index (χ1) is 8.78. The molecule has 0 aromatic carbocycles. The molecule has 104 valence electrons. The van der Waals surface area contributed by atoms with E-state index in [1.54, 1.807) is 4.90 Å². The van der Waals surface area contributed by atoms with E-state index < -0.39 is 16.4 Å². The van der Waals surface area contributed by atoms with Gasteiger partial charge in [0.15, 0.2) is 5.76 Å². The maximum atomic E-state index is 12.2. The van der Waals surface area contributed by atoms with Gasteiger partial charge in [0.05, 0.1) is 17.8 Å². The molecule has 0 saturated carbocycles. The summed E-state index contributed by atoms with van der Waals surface area (Å²) in [6.07, 6.45) is -0.0855. The number of hydrogen-bond donors (Lipinski definition) is 0. The van der Waals surface area contributed by atoms with Crippen LogP contribution in [0, 0.1) is 10.1 Å². The Morgan fingerprint density at radius 1 is 1.53 bits per heavy atom. The van der Waals surface area contributed by atoms with Crippen molar-refractivity contribution >= 4 is 11.8 Å². The number of carbonyl (C=O) groups is 1. The first-order valence-corrected chi connectivity index (χ1v) is 6.00. The molecule has 1 unspecified atom stereocenters. The van der Waals surface area contributed by atoms with Crippen molar-refractivity contribution in [2.45, 2.75) is 32.5 Å². The Kier molecular flexibility index (Phi) is 3.32. The quantitative estimate of drug-likeness (QED) is 0.603. The lowest BCUT2D eigenvalue weighted by Gasteiger charge is -2.41. The van der Waals surface area contributed by atoms with Crippen molar-refractivity contribution in [3.05, 3.63) is 28.0 Å². The van der Waals surface area contributed by atoms with Crippen LogP contribution in [0.25, 0.3) is 0 Å². The van der Waals surface area contributed by atoms with E-state index in [9.17, 15) is 14.9 Å². The van der Waals surface area contributed by atoms with Crippen molar-refractivity contribution in [1.82, 2.24) is 4.90 Å². The van der Waals surface area contributed by atoms with E-state index >= 15 is 0 Å². The third-order valence-electron chi connectivity index (χ3n) is 2.84. The highest BCUT2D eigenvalue weighted by molar-refractivity contribution is 5.91. The Morgan fingerprint density at radius 3 is 2.74 bits per heavy atom. The molecule has 1 amide bonds. The second-order valence-electron chi connectivity index (χ2n) is 5.27. The number of nitro groups is 1. The van der Waals surface area contributed by atoms with Gasteiger partial charge in [-0.3, -0.25) is 14.9 Å². The number of nitrogens with zero attached hydrogens (tertiary/aromatic N) is 2. The Bertz CT molecular complexity index is 508. The summed E-state index contributed by atoms with van der Waals surface area (Å²) in [5, 5.41) is 10.5. The van der Waals surface area contributed by atoms with Crippen molar-refractivity contribution < 1.29 is 18.9 Å². The van der Waals surface area contributed by atoms with Gasteiger partial charge >= 0.3 is 5.88 Å². The molecule has 2 heterocycles. The molecule has 1 aliphatic heterocycles. The largest absolute Gasteiger partial charge is 0.433 e. The molecule has 2 rings (SSSR count). The molecule has 0 N–H and O–H groups in total. The molecule has 0 bridgehead atoms. The van der Waals surface area contributed by atoms with E-state index in [0.717, 1.165) is 0 Å². The number of furan rings is 1. The lowest BCUT2D eigenvalue weighted by Crippen LogP contribution is -2.53. The average molecular weight is 268 g/mol. The monoisotopic (exact) mass is 268 g/mol. The molecule has 1 aliphatic rings.